The van der Waals surface area contributed by atoms with Crippen molar-refractivity contribution in [2.24, 2.45) is 4.99 Å². The lowest BCUT2D eigenvalue weighted by molar-refractivity contribution is 0.588. The number of guanidine groups is 1. The number of nitrogens with zero attached hydrogens (tertiary/aromatic N) is 1. The van der Waals surface area contributed by atoms with E-state index in [2.05, 4.69) is 15.0 Å². The van der Waals surface area contributed by atoms with Crippen LogP contribution in [0.4, 0.5) is 14.5 Å². The summed E-state index contributed by atoms with van der Waals surface area (Å²) in [4.78, 5) is 3.99. The quantitative estimate of drug-likeness (QED) is 0.542. The molecule has 0 unspecified atom stereocenters. The van der Waals surface area contributed by atoms with Crippen LogP contribution in [0.25, 0.3) is 0 Å². The molecular formula is C21H15Cl2F2N3O2S. The number of rotatable bonds is 4. The fourth-order valence-electron chi connectivity index (χ4n) is 3.20. The standard InChI is InChI=1S/C21H15Cl2F2N3O2S/c22-15-6-2-1-4-12(15)10-14-17(24)8-9-18-20(14)27-21(28-31(18,29)30)26-11-13-5-3-7-16(23)19(13)25/h1-9H,10-11H2,(H2,26,27,28). The van der Waals surface area contributed by atoms with Crippen LogP contribution in [0.15, 0.2) is 64.5 Å². The van der Waals surface area contributed by atoms with Gasteiger partial charge in [-0.2, -0.15) is 0 Å². The smallest absolute Gasteiger partial charge is 0.266 e. The highest BCUT2D eigenvalue weighted by atomic mass is 35.5. The summed E-state index contributed by atoms with van der Waals surface area (Å²) >= 11 is 12.0. The number of benzene rings is 3. The van der Waals surface area contributed by atoms with Gasteiger partial charge in [0.2, 0.25) is 5.96 Å². The first kappa shape index (κ1) is 21.5. The number of anilines is 1. The van der Waals surface area contributed by atoms with E-state index in [9.17, 15) is 17.2 Å². The zero-order valence-corrected chi connectivity index (χ0v) is 18.1. The molecule has 0 aliphatic carbocycles. The van der Waals surface area contributed by atoms with Gasteiger partial charge in [-0.05, 0) is 29.8 Å². The van der Waals surface area contributed by atoms with Crippen molar-refractivity contribution in [3.63, 3.8) is 0 Å². The Hall–Kier alpha value is -2.68. The summed E-state index contributed by atoms with van der Waals surface area (Å²) < 4.78 is 56.6. The average molecular weight is 482 g/mol. The molecular weight excluding hydrogens is 467 g/mol. The maximum absolute atomic E-state index is 14.7. The number of halogens is 4. The Balaban J connectivity index is 1.73. The first-order valence-corrected chi connectivity index (χ1v) is 11.3. The van der Waals surface area contributed by atoms with Gasteiger partial charge in [-0.3, -0.25) is 0 Å². The molecule has 0 aromatic heterocycles. The van der Waals surface area contributed by atoms with Crippen molar-refractivity contribution < 1.29 is 17.2 Å². The van der Waals surface area contributed by atoms with Crippen LogP contribution in [0.1, 0.15) is 16.7 Å². The highest BCUT2D eigenvalue weighted by Gasteiger charge is 2.30. The lowest BCUT2D eigenvalue weighted by Crippen LogP contribution is -2.41. The van der Waals surface area contributed by atoms with Crippen molar-refractivity contribution in [3.05, 3.63) is 93.0 Å². The van der Waals surface area contributed by atoms with E-state index in [1.165, 1.54) is 18.2 Å². The molecule has 0 saturated carbocycles. The zero-order valence-electron chi connectivity index (χ0n) is 15.8. The minimum absolute atomic E-state index is 0.0592. The fraction of sp³-hybridized carbons (Fsp3) is 0.0952. The van der Waals surface area contributed by atoms with Crippen LogP contribution < -0.4 is 10.0 Å². The summed E-state index contributed by atoms with van der Waals surface area (Å²) in [6, 6.07) is 13.6. The average Bonchev–Trinajstić information content (AvgIpc) is 2.72. The molecule has 3 aromatic carbocycles. The molecule has 2 N–H and O–H groups in total. The van der Waals surface area contributed by atoms with Crippen LogP contribution in [-0.2, 0) is 23.0 Å². The van der Waals surface area contributed by atoms with E-state index in [0.717, 1.165) is 6.07 Å². The minimum atomic E-state index is -4.02. The Kier molecular flexibility index (Phi) is 5.88. The molecule has 0 bridgehead atoms. The van der Waals surface area contributed by atoms with E-state index in [1.54, 1.807) is 30.3 Å². The normalized spacial score (nSPS) is 15.8. The van der Waals surface area contributed by atoms with Crippen molar-refractivity contribution in [2.45, 2.75) is 17.9 Å². The Bertz CT molecular complexity index is 1310. The third-order valence-corrected chi connectivity index (χ3v) is 6.79. The lowest BCUT2D eigenvalue weighted by atomic mass is 10.0. The van der Waals surface area contributed by atoms with Crippen molar-refractivity contribution in [1.82, 2.24) is 4.72 Å². The Morgan fingerprint density at radius 1 is 0.903 bits per heavy atom. The van der Waals surface area contributed by atoms with Gasteiger partial charge < -0.3 is 5.32 Å². The monoisotopic (exact) mass is 481 g/mol. The van der Waals surface area contributed by atoms with Gasteiger partial charge in [0, 0.05) is 22.6 Å². The van der Waals surface area contributed by atoms with E-state index in [4.69, 9.17) is 23.2 Å². The Morgan fingerprint density at radius 2 is 1.61 bits per heavy atom. The summed E-state index contributed by atoms with van der Waals surface area (Å²) in [5, 5.41) is 3.19. The van der Waals surface area contributed by atoms with Crippen molar-refractivity contribution in [2.75, 3.05) is 5.32 Å². The molecule has 31 heavy (non-hydrogen) atoms. The SMILES string of the molecule is O=S1(=O)NC(=NCc2cccc(Cl)c2F)Nc2c1ccc(F)c2Cc1ccccc1Cl. The number of fused-ring (bicyclic) bond motifs is 1. The van der Waals surface area contributed by atoms with Gasteiger partial charge in [-0.25, -0.2) is 26.9 Å². The zero-order chi connectivity index (χ0) is 22.2. The van der Waals surface area contributed by atoms with Gasteiger partial charge in [-0.15, -0.1) is 0 Å². The van der Waals surface area contributed by atoms with Gasteiger partial charge in [0.25, 0.3) is 10.0 Å². The van der Waals surface area contributed by atoms with Crippen molar-refractivity contribution in [3.8, 4) is 0 Å². The molecule has 5 nitrogen and oxygen atoms in total. The van der Waals surface area contributed by atoms with Crippen LogP contribution in [0.3, 0.4) is 0 Å². The molecule has 0 amide bonds. The van der Waals surface area contributed by atoms with E-state index < -0.39 is 21.7 Å². The largest absolute Gasteiger partial charge is 0.324 e. The van der Waals surface area contributed by atoms with E-state index in [1.807, 2.05) is 0 Å². The maximum atomic E-state index is 14.7. The molecule has 4 rings (SSSR count). The maximum Gasteiger partial charge on any atom is 0.266 e. The number of hydrogen-bond acceptors (Lipinski definition) is 3. The van der Waals surface area contributed by atoms with Gasteiger partial charge in [0.05, 0.1) is 17.3 Å². The van der Waals surface area contributed by atoms with E-state index in [-0.39, 0.29) is 45.7 Å². The van der Waals surface area contributed by atoms with E-state index >= 15 is 0 Å². The van der Waals surface area contributed by atoms with Gasteiger partial charge in [0.15, 0.2) is 0 Å². The number of sulfonamides is 1. The second-order valence-corrected chi connectivity index (χ2v) is 9.24. The van der Waals surface area contributed by atoms with Gasteiger partial charge in [0.1, 0.15) is 16.5 Å². The molecule has 1 aliphatic heterocycles. The van der Waals surface area contributed by atoms with Gasteiger partial charge >= 0.3 is 0 Å². The van der Waals surface area contributed by atoms with E-state index in [0.29, 0.717) is 10.6 Å². The van der Waals surface area contributed by atoms with Crippen LogP contribution in [-0.4, -0.2) is 14.4 Å². The summed E-state index contributed by atoms with van der Waals surface area (Å²) in [5.41, 5.74) is 0.998. The Morgan fingerprint density at radius 3 is 2.39 bits per heavy atom. The molecule has 0 fully saturated rings. The molecule has 160 valence electrons. The third-order valence-electron chi connectivity index (χ3n) is 4.75. The molecule has 0 radical (unpaired) electrons. The van der Waals surface area contributed by atoms with Crippen LogP contribution in [0, 0.1) is 11.6 Å². The Labute approximate surface area is 187 Å². The molecule has 10 heteroatoms. The lowest BCUT2D eigenvalue weighted by Gasteiger charge is -2.24. The first-order chi connectivity index (χ1) is 14.8. The predicted molar refractivity (Wildman–Crippen MR) is 117 cm³/mol. The molecule has 0 atom stereocenters. The third kappa shape index (κ3) is 4.37. The molecule has 0 spiro atoms. The number of hydrogen-bond donors (Lipinski definition) is 2. The van der Waals surface area contributed by atoms with Crippen LogP contribution >= 0.6 is 23.2 Å². The second kappa shape index (κ2) is 8.45. The minimum Gasteiger partial charge on any atom is -0.324 e. The predicted octanol–water partition coefficient (Wildman–Crippen LogP) is 5.12. The number of aliphatic imine (C=N–C) groups is 1. The first-order valence-electron chi connectivity index (χ1n) is 9.08. The highest BCUT2D eigenvalue weighted by Crippen LogP contribution is 2.33. The van der Waals surface area contributed by atoms with Gasteiger partial charge in [-0.1, -0.05) is 53.5 Å². The fourth-order valence-corrected chi connectivity index (χ4v) is 4.77. The molecule has 0 saturated heterocycles. The summed E-state index contributed by atoms with van der Waals surface area (Å²) in [6.45, 7) is -0.179. The summed E-state index contributed by atoms with van der Waals surface area (Å²) in [6.07, 6.45) is 0.0629. The summed E-state index contributed by atoms with van der Waals surface area (Å²) in [7, 11) is -4.02. The molecule has 1 heterocycles. The topological polar surface area (TPSA) is 70.6 Å². The summed E-state index contributed by atoms with van der Waals surface area (Å²) in [5.74, 6) is -1.39. The highest BCUT2D eigenvalue weighted by molar-refractivity contribution is 7.90. The number of nitrogens with one attached hydrogen (secondary N) is 2. The van der Waals surface area contributed by atoms with Crippen molar-refractivity contribution >= 4 is 44.9 Å². The molecule has 1 aliphatic rings. The molecule has 3 aromatic rings. The van der Waals surface area contributed by atoms with Crippen LogP contribution in [0.5, 0.6) is 0 Å². The second-order valence-electron chi connectivity index (χ2n) is 6.78. The van der Waals surface area contributed by atoms with Crippen molar-refractivity contribution in [1.29, 1.82) is 0 Å². The van der Waals surface area contributed by atoms with Crippen LogP contribution in [0.2, 0.25) is 10.0 Å².